The molecule has 0 aromatic carbocycles. The van der Waals surface area contributed by atoms with Gasteiger partial charge in [0.25, 0.3) is 0 Å². The molecule has 4 aliphatic carbocycles. The minimum atomic E-state index is -0.826. The summed E-state index contributed by atoms with van der Waals surface area (Å²) in [5.41, 5.74) is 1.33. The fourth-order valence-corrected chi connectivity index (χ4v) is 5.44. The van der Waals surface area contributed by atoms with Crippen LogP contribution < -0.4 is 0 Å². The van der Waals surface area contributed by atoms with Crippen molar-refractivity contribution in [3.8, 4) is 0 Å². The zero-order valence-corrected chi connectivity index (χ0v) is 12.0. The predicted octanol–water partition coefficient (Wildman–Crippen LogP) is 3.07. The van der Waals surface area contributed by atoms with Gasteiger partial charge in [-0.1, -0.05) is 6.92 Å². The van der Waals surface area contributed by atoms with Crippen LogP contribution in [0.2, 0.25) is 0 Å². The number of hydrogen-bond acceptors (Lipinski definition) is 2. The molecule has 4 nitrogen and oxygen atoms in total. The van der Waals surface area contributed by atoms with Gasteiger partial charge in [0.1, 0.15) is 5.69 Å². The lowest BCUT2D eigenvalue weighted by molar-refractivity contribution is -0.0509. The Morgan fingerprint density at radius 2 is 1.85 bits per heavy atom. The van der Waals surface area contributed by atoms with Crippen LogP contribution in [0.5, 0.6) is 0 Å². The second-order valence-electron chi connectivity index (χ2n) is 7.23. The SMILES string of the molecule is CCc1cc(C(=O)O)n(C23CC4CC(CC(C4)C2)C3)n1. The van der Waals surface area contributed by atoms with Crippen molar-refractivity contribution < 1.29 is 9.90 Å². The van der Waals surface area contributed by atoms with Crippen LogP contribution >= 0.6 is 0 Å². The van der Waals surface area contributed by atoms with Crippen LogP contribution in [0.15, 0.2) is 6.07 Å². The highest BCUT2D eigenvalue weighted by molar-refractivity contribution is 5.85. The molecule has 4 heteroatoms. The van der Waals surface area contributed by atoms with E-state index in [-0.39, 0.29) is 5.54 Å². The average molecular weight is 274 g/mol. The van der Waals surface area contributed by atoms with Gasteiger partial charge < -0.3 is 5.11 Å². The molecule has 0 aliphatic heterocycles. The fourth-order valence-electron chi connectivity index (χ4n) is 5.44. The lowest BCUT2D eigenvalue weighted by Crippen LogP contribution is -2.52. The molecule has 0 amide bonds. The number of aromatic carboxylic acids is 1. The Bertz CT molecular complexity index is 526. The van der Waals surface area contributed by atoms with Crippen molar-refractivity contribution in [3.05, 3.63) is 17.5 Å². The van der Waals surface area contributed by atoms with E-state index >= 15 is 0 Å². The van der Waals surface area contributed by atoms with Crippen LogP contribution in [-0.2, 0) is 12.0 Å². The molecule has 1 aromatic rings. The maximum absolute atomic E-state index is 11.6. The van der Waals surface area contributed by atoms with E-state index in [9.17, 15) is 9.90 Å². The summed E-state index contributed by atoms with van der Waals surface area (Å²) in [6.45, 7) is 2.04. The summed E-state index contributed by atoms with van der Waals surface area (Å²) in [5, 5.41) is 14.2. The monoisotopic (exact) mass is 274 g/mol. The first-order valence-electron chi connectivity index (χ1n) is 7.92. The van der Waals surface area contributed by atoms with Crippen LogP contribution in [0.25, 0.3) is 0 Å². The standard InChI is InChI=1S/C16H22N2O2/c1-2-13-6-14(15(19)20)18(17-13)16-7-10-3-11(8-16)5-12(4-10)9-16/h6,10-12H,2-5,7-9H2,1H3,(H,19,20). The largest absolute Gasteiger partial charge is 0.477 e. The number of carboxylic acids is 1. The van der Waals surface area contributed by atoms with Crippen molar-refractivity contribution in [1.82, 2.24) is 9.78 Å². The molecule has 0 radical (unpaired) electrons. The summed E-state index contributed by atoms with van der Waals surface area (Å²) < 4.78 is 1.92. The number of rotatable bonds is 3. The first-order valence-corrected chi connectivity index (χ1v) is 7.92. The molecule has 1 heterocycles. The number of carbonyl (C=O) groups is 1. The Balaban J connectivity index is 1.80. The first kappa shape index (κ1) is 12.4. The first-order chi connectivity index (χ1) is 9.59. The van der Waals surface area contributed by atoms with E-state index in [0.717, 1.165) is 49.1 Å². The summed E-state index contributed by atoms with van der Waals surface area (Å²) in [7, 11) is 0. The smallest absolute Gasteiger partial charge is 0.354 e. The van der Waals surface area contributed by atoms with Gasteiger partial charge in [0.05, 0.1) is 11.2 Å². The average Bonchev–Trinajstić information content (AvgIpc) is 2.82. The predicted molar refractivity (Wildman–Crippen MR) is 74.7 cm³/mol. The molecule has 5 rings (SSSR count). The Hall–Kier alpha value is -1.32. The molecule has 4 bridgehead atoms. The number of carboxylic acid groups (broad SMARTS) is 1. The van der Waals surface area contributed by atoms with Crippen LogP contribution in [0, 0.1) is 17.8 Å². The molecule has 0 saturated heterocycles. The van der Waals surface area contributed by atoms with Crippen molar-refractivity contribution >= 4 is 5.97 Å². The lowest BCUT2D eigenvalue weighted by atomic mass is 9.53. The lowest BCUT2D eigenvalue weighted by Gasteiger charge is -2.56. The van der Waals surface area contributed by atoms with Gasteiger partial charge in [-0.25, -0.2) is 4.79 Å². The maximum atomic E-state index is 11.6. The molecule has 0 spiro atoms. The number of aromatic nitrogens is 2. The minimum Gasteiger partial charge on any atom is -0.477 e. The molecule has 1 aromatic heterocycles. The zero-order chi connectivity index (χ0) is 13.9. The molecular formula is C16H22N2O2. The molecule has 20 heavy (non-hydrogen) atoms. The maximum Gasteiger partial charge on any atom is 0.354 e. The highest BCUT2D eigenvalue weighted by Gasteiger charge is 2.53. The van der Waals surface area contributed by atoms with Gasteiger partial charge in [-0.15, -0.1) is 0 Å². The summed E-state index contributed by atoms with van der Waals surface area (Å²) in [6.07, 6.45) is 8.33. The van der Waals surface area contributed by atoms with Crippen LogP contribution in [0.4, 0.5) is 0 Å². The zero-order valence-electron chi connectivity index (χ0n) is 12.0. The van der Waals surface area contributed by atoms with E-state index in [2.05, 4.69) is 5.10 Å². The third kappa shape index (κ3) is 1.66. The second-order valence-corrected chi connectivity index (χ2v) is 7.23. The van der Waals surface area contributed by atoms with Gasteiger partial charge >= 0.3 is 5.97 Å². The Morgan fingerprint density at radius 1 is 1.30 bits per heavy atom. The summed E-state index contributed by atoms with van der Waals surface area (Å²) in [4.78, 5) is 11.6. The van der Waals surface area contributed by atoms with Gasteiger partial charge in [-0.3, -0.25) is 4.68 Å². The minimum absolute atomic E-state index is 0.00981. The third-order valence-corrected chi connectivity index (χ3v) is 5.80. The van der Waals surface area contributed by atoms with Crippen LogP contribution in [0.1, 0.15) is 61.6 Å². The molecular weight excluding hydrogens is 252 g/mol. The Kier molecular flexibility index (Phi) is 2.54. The molecule has 0 atom stereocenters. The molecule has 4 aliphatic rings. The topological polar surface area (TPSA) is 55.1 Å². The normalized spacial score (nSPS) is 38.4. The van der Waals surface area contributed by atoms with E-state index in [1.165, 1.54) is 19.3 Å². The van der Waals surface area contributed by atoms with E-state index < -0.39 is 5.97 Å². The van der Waals surface area contributed by atoms with E-state index in [4.69, 9.17) is 0 Å². The van der Waals surface area contributed by atoms with Gasteiger partial charge in [0, 0.05) is 0 Å². The molecule has 108 valence electrons. The third-order valence-electron chi connectivity index (χ3n) is 5.80. The van der Waals surface area contributed by atoms with E-state index in [1.54, 1.807) is 6.07 Å². The molecule has 4 saturated carbocycles. The fraction of sp³-hybridized carbons (Fsp3) is 0.750. The number of nitrogens with zero attached hydrogens (tertiary/aromatic N) is 2. The Morgan fingerprint density at radius 3 is 2.30 bits per heavy atom. The second kappa shape index (κ2) is 4.09. The van der Waals surface area contributed by atoms with Gasteiger partial charge in [-0.05, 0) is 68.8 Å². The van der Waals surface area contributed by atoms with Gasteiger partial charge in [0.15, 0.2) is 0 Å². The van der Waals surface area contributed by atoms with Crippen molar-refractivity contribution in [2.24, 2.45) is 17.8 Å². The highest BCUT2D eigenvalue weighted by Crippen LogP contribution is 2.58. The summed E-state index contributed by atoms with van der Waals surface area (Å²) in [6, 6.07) is 1.78. The van der Waals surface area contributed by atoms with Crippen molar-refractivity contribution in [2.45, 2.75) is 57.4 Å². The van der Waals surface area contributed by atoms with Crippen molar-refractivity contribution in [3.63, 3.8) is 0 Å². The summed E-state index contributed by atoms with van der Waals surface area (Å²) >= 11 is 0. The van der Waals surface area contributed by atoms with Crippen LogP contribution in [0.3, 0.4) is 0 Å². The van der Waals surface area contributed by atoms with E-state index in [1.807, 2.05) is 11.6 Å². The van der Waals surface area contributed by atoms with Crippen molar-refractivity contribution in [1.29, 1.82) is 0 Å². The van der Waals surface area contributed by atoms with Gasteiger partial charge in [-0.2, -0.15) is 5.10 Å². The number of hydrogen-bond donors (Lipinski definition) is 1. The van der Waals surface area contributed by atoms with Crippen molar-refractivity contribution in [2.75, 3.05) is 0 Å². The van der Waals surface area contributed by atoms with E-state index in [0.29, 0.717) is 5.69 Å². The Labute approximate surface area is 119 Å². The molecule has 1 N–H and O–H groups in total. The highest BCUT2D eigenvalue weighted by atomic mass is 16.4. The molecule has 4 fully saturated rings. The van der Waals surface area contributed by atoms with Gasteiger partial charge in [0.2, 0.25) is 0 Å². The van der Waals surface area contributed by atoms with Crippen LogP contribution in [-0.4, -0.2) is 20.9 Å². The summed E-state index contributed by atoms with van der Waals surface area (Å²) in [5.74, 6) is 1.58. The number of aryl methyl sites for hydroxylation is 1. The quantitative estimate of drug-likeness (QED) is 0.921. The molecule has 0 unspecified atom stereocenters.